The molecule has 2 aliphatic heterocycles. The number of rotatable bonds is 3. The lowest BCUT2D eigenvalue weighted by Gasteiger charge is -2.45. The first-order chi connectivity index (χ1) is 11.2. The summed E-state index contributed by atoms with van der Waals surface area (Å²) in [6.45, 7) is -1.60. The van der Waals surface area contributed by atoms with Gasteiger partial charge in [-0.1, -0.05) is 12.2 Å². The molecule has 0 aliphatic carbocycles. The summed E-state index contributed by atoms with van der Waals surface area (Å²) in [5.74, 6) is -3.48. The summed E-state index contributed by atoms with van der Waals surface area (Å²) in [6.07, 6.45) is -0.390. The van der Waals surface area contributed by atoms with Crippen LogP contribution in [0.3, 0.4) is 0 Å². The number of nitrogens with zero attached hydrogens (tertiary/aromatic N) is 1. The van der Waals surface area contributed by atoms with Gasteiger partial charge in [0.1, 0.15) is 11.7 Å². The van der Waals surface area contributed by atoms with Gasteiger partial charge in [-0.25, -0.2) is 17.6 Å². The number of hydrogen-bond donors (Lipinski definition) is 1. The zero-order valence-corrected chi connectivity index (χ0v) is 13.0. The minimum Gasteiger partial charge on any atom is -0.378 e. The van der Waals surface area contributed by atoms with Crippen LogP contribution in [0.2, 0.25) is 0 Å². The molecule has 2 saturated heterocycles. The van der Waals surface area contributed by atoms with Gasteiger partial charge in [0, 0.05) is 17.5 Å². The maximum Gasteiger partial charge on any atom is 0.272 e. The molecule has 2 fully saturated rings. The molecule has 0 saturated carbocycles. The van der Waals surface area contributed by atoms with Crippen LogP contribution in [0.1, 0.15) is 12.0 Å². The van der Waals surface area contributed by atoms with Crippen LogP contribution in [0.25, 0.3) is 0 Å². The van der Waals surface area contributed by atoms with Crippen molar-refractivity contribution in [2.75, 3.05) is 19.9 Å². The first-order valence-corrected chi connectivity index (χ1v) is 7.43. The minimum absolute atomic E-state index is 0.0367. The second-order valence-corrected chi connectivity index (χ2v) is 6.40. The summed E-state index contributed by atoms with van der Waals surface area (Å²) in [7, 11) is 0. The Morgan fingerprint density at radius 2 is 2.17 bits per heavy atom. The average Bonchev–Trinajstić information content (AvgIpc) is 2.93. The molecule has 1 N–H and O–H groups in total. The number of fused-ring (bicyclic) bond motifs is 1. The summed E-state index contributed by atoms with van der Waals surface area (Å²) in [5.41, 5.74) is -4.93. The summed E-state index contributed by atoms with van der Waals surface area (Å²) in [6, 6.07) is 1.33. The van der Waals surface area contributed by atoms with E-state index in [1.165, 1.54) is 0 Å². The first-order valence-electron chi connectivity index (χ1n) is 7.02. The van der Waals surface area contributed by atoms with Crippen molar-refractivity contribution in [2.24, 2.45) is 5.92 Å². The van der Waals surface area contributed by atoms with Gasteiger partial charge in [0.15, 0.2) is 17.3 Å². The van der Waals surface area contributed by atoms with Crippen molar-refractivity contribution in [3.63, 3.8) is 0 Å². The molecule has 3 rings (SSSR count). The molecule has 10 heteroatoms. The van der Waals surface area contributed by atoms with Crippen molar-refractivity contribution < 1.29 is 27.2 Å². The van der Waals surface area contributed by atoms with E-state index in [-0.39, 0.29) is 25.2 Å². The number of piperidine rings is 1. The number of nitro groups is 1. The SMILES string of the molecule is O=[N+]([O-])c1cc(F)c(F)c([C@]23COC[C@H]2CC(F)(CF)C(=S)N3)c1. The lowest BCUT2D eigenvalue weighted by molar-refractivity contribution is -0.385. The van der Waals surface area contributed by atoms with Gasteiger partial charge in [-0.15, -0.1) is 0 Å². The van der Waals surface area contributed by atoms with E-state index >= 15 is 0 Å². The normalized spacial score (nSPS) is 32.3. The fourth-order valence-electron chi connectivity index (χ4n) is 3.28. The Morgan fingerprint density at radius 3 is 2.79 bits per heavy atom. The van der Waals surface area contributed by atoms with Gasteiger partial charge in [0.05, 0.1) is 29.7 Å². The molecule has 0 spiro atoms. The largest absolute Gasteiger partial charge is 0.378 e. The molecule has 1 aromatic carbocycles. The summed E-state index contributed by atoms with van der Waals surface area (Å²) in [5, 5.41) is 13.5. The first kappa shape index (κ1) is 17.0. The maximum atomic E-state index is 14.5. The van der Waals surface area contributed by atoms with Crippen molar-refractivity contribution >= 4 is 22.9 Å². The highest BCUT2D eigenvalue weighted by molar-refractivity contribution is 7.80. The van der Waals surface area contributed by atoms with E-state index in [0.29, 0.717) is 6.07 Å². The molecule has 0 radical (unpaired) electrons. The van der Waals surface area contributed by atoms with Crippen LogP contribution < -0.4 is 5.32 Å². The Bertz CT molecular complexity index is 734. The van der Waals surface area contributed by atoms with E-state index in [2.05, 4.69) is 5.32 Å². The lowest BCUT2D eigenvalue weighted by Crippen LogP contribution is -2.63. The van der Waals surface area contributed by atoms with Crippen molar-refractivity contribution in [2.45, 2.75) is 17.6 Å². The second kappa shape index (κ2) is 5.62. The van der Waals surface area contributed by atoms with Crippen molar-refractivity contribution in [1.29, 1.82) is 0 Å². The molecule has 5 nitrogen and oxygen atoms in total. The molecule has 24 heavy (non-hydrogen) atoms. The number of nitrogens with one attached hydrogen (secondary N) is 1. The van der Waals surface area contributed by atoms with Crippen molar-refractivity contribution in [1.82, 2.24) is 5.32 Å². The number of ether oxygens (including phenoxy) is 1. The van der Waals surface area contributed by atoms with Crippen LogP contribution in [-0.4, -0.2) is 35.5 Å². The molecule has 1 unspecified atom stereocenters. The predicted octanol–water partition coefficient (Wildman–Crippen LogP) is 2.71. The van der Waals surface area contributed by atoms with Gasteiger partial charge in [0.2, 0.25) is 0 Å². The fourth-order valence-corrected chi connectivity index (χ4v) is 3.60. The van der Waals surface area contributed by atoms with E-state index in [1.54, 1.807) is 0 Å². The minimum atomic E-state index is -2.42. The summed E-state index contributed by atoms with van der Waals surface area (Å²) >= 11 is 4.86. The third-order valence-electron chi connectivity index (χ3n) is 4.58. The molecule has 3 atom stereocenters. The highest BCUT2D eigenvalue weighted by atomic mass is 32.1. The highest BCUT2D eigenvalue weighted by Crippen LogP contribution is 2.47. The molecule has 2 heterocycles. The fraction of sp³-hybridized carbons (Fsp3) is 0.500. The van der Waals surface area contributed by atoms with E-state index < -0.39 is 51.0 Å². The third kappa shape index (κ3) is 2.35. The Hall–Kier alpha value is -1.81. The van der Waals surface area contributed by atoms with Crippen LogP contribution in [0.15, 0.2) is 12.1 Å². The smallest absolute Gasteiger partial charge is 0.272 e. The number of non-ortho nitro benzene ring substituents is 1. The second-order valence-electron chi connectivity index (χ2n) is 5.99. The Labute approximate surface area is 139 Å². The summed E-state index contributed by atoms with van der Waals surface area (Å²) < 4.78 is 61.0. The van der Waals surface area contributed by atoms with Crippen LogP contribution in [0.4, 0.5) is 23.2 Å². The van der Waals surface area contributed by atoms with Gasteiger partial charge in [-0.3, -0.25) is 10.1 Å². The standard InChI is InChI=1S/C14H12F4N2O3S/c15-5-13(18)3-7-4-23-6-14(7,19-12(13)24)9-1-8(20(21)22)2-10(16)11(9)17/h1-2,7H,3-6H2,(H,19,24)/t7-,13?,14+/m1/s1. The van der Waals surface area contributed by atoms with Crippen molar-refractivity contribution in [3.05, 3.63) is 39.4 Å². The number of nitro benzene ring substituents is 1. The quantitative estimate of drug-likeness (QED) is 0.387. The topological polar surface area (TPSA) is 64.4 Å². The number of halogens is 4. The molecule has 0 aromatic heterocycles. The van der Waals surface area contributed by atoms with Gasteiger partial charge in [-0.05, 0) is 6.42 Å². The van der Waals surface area contributed by atoms with Crippen LogP contribution in [-0.2, 0) is 10.3 Å². The molecule has 2 aliphatic rings. The Kier molecular flexibility index (Phi) is 3.99. The molecular weight excluding hydrogens is 352 g/mol. The van der Waals surface area contributed by atoms with Crippen molar-refractivity contribution in [3.8, 4) is 0 Å². The number of hydrogen-bond acceptors (Lipinski definition) is 4. The van der Waals surface area contributed by atoms with Crippen LogP contribution in [0.5, 0.6) is 0 Å². The van der Waals surface area contributed by atoms with Crippen LogP contribution >= 0.6 is 12.2 Å². The third-order valence-corrected chi connectivity index (χ3v) is 5.04. The van der Waals surface area contributed by atoms with E-state index in [4.69, 9.17) is 17.0 Å². The van der Waals surface area contributed by atoms with Gasteiger partial charge < -0.3 is 10.1 Å². The molecule has 0 amide bonds. The zero-order valence-electron chi connectivity index (χ0n) is 12.2. The Balaban J connectivity index is 2.14. The number of benzene rings is 1. The monoisotopic (exact) mass is 364 g/mol. The lowest BCUT2D eigenvalue weighted by atomic mass is 9.72. The predicted molar refractivity (Wildman–Crippen MR) is 79.2 cm³/mol. The van der Waals surface area contributed by atoms with Crippen LogP contribution in [0, 0.1) is 27.7 Å². The molecule has 0 bridgehead atoms. The van der Waals surface area contributed by atoms with Gasteiger partial charge >= 0.3 is 0 Å². The van der Waals surface area contributed by atoms with Gasteiger partial charge in [-0.2, -0.15) is 0 Å². The zero-order chi connectivity index (χ0) is 17.7. The molecule has 130 valence electrons. The number of alkyl halides is 2. The number of thiocarbonyl (C=S) groups is 1. The maximum absolute atomic E-state index is 14.5. The summed E-state index contributed by atoms with van der Waals surface area (Å²) in [4.78, 5) is 9.58. The Morgan fingerprint density at radius 1 is 1.46 bits per heavy atom. The van der Waals surface area contributed by atoms with Gasteiger partial charge in [0.25, 0.3) is 5.69 Å². The molecular formula is C14H12F4N2O3S. The van der Waals surface area contributed by atoms with E-state index in [9.17, 15) is 27.7 Å². The van der Waals surface area contributed by atoms with E-state index in [0.717, 1.165) is 6.07 Å². The van der Waals surface area contributed by atoms with E-state index in [1.807, 2.05) is 0 Å². The average molecular weight is 364 g/mol. The highest BCUT2D eigenvalue weighted by Gasteiger charge is 2.57. The molecule has 1 aromatic rings.